The average Bonchev–Trinajstić information content (AvgIpc) is 3.00. The zero-order chi connectivity index (χ0) is 10.0. The summed E-state index contributed by atoms with van der Waals surface area (Å²) in [6.45, 7) is 3.12. The van der Waals surface area contributed by atoms with Crippen molar-refractivity contribution in [2.24, 2.45) is 23.1 Å². The molecule has 2 fully saturated rings. The van der Waals surface area contributed by atoms with Crippen LogP contribution in [-0.4, -0.2) is 6.61 Å². The van der Waals surface area contributed by atoms with Gasteiger partial charge in [0.1, 0.15) is 0 Å². The van der Waals surface area contributed by atoms with E-state index in [1.54, 1.807) is 0 Å². The molecule has 0 bridgehead atoms. The average molecular weight is 197 g/mol. The van der Waals surface area contributed by atoms with E-state index in [1.165, 1.54) is 44.9 Å². The van der Waals surface area contributed by atoms with Gasteiger partial charge in [-0.05, 0) is 42.9 Å². The zero-order valence-corrected chi connectivity index (χ0v) is 9.30. The van der Waals surface area contributed by atoms with Crippen molar-refractivity contribution in [3.8, 4) is 0 Å². The highest BCUT2D eigenvalue weighted by molar-refractivity contribution is 4.99. The van der Waals surface area contributed by atoms with E-state index in [9.17, 15) is 0 Å². The third kappa shape index (κ3) is 1.96. The van der Waals surface area contributed by atoms with Crippen molar-refractivity contribution in [3.63, 3.8) is 0 Å². The topological polar surface area (TPSA) is 35.2 Å². The Balaban J connectivity index is 1.83. The zero-order valence-electron chi connectivity index (χ0n) is 9.30. The number of nitrogens with two attached hydrogens (primary N) is 1. The minimum Gasteiger partial charge on any atom is -0.304 e. The number of hydrogen-bond acceptors (Lipinski definition) is 2. The van der Waals surface area contributed by atoms with Crippen LogP contribution in [0.1, 0.15) is 51.9 Å². The maximum absolute atomic E-state index is 5.21. The first-order chi connectivity index (χ1) is 6.80. The molecule has 0 aromatic heterocycles. The van der Waals surface area contributed by atoms with Gasteiger partial charge < -0.3 is 4.84 Å². The Hall–Kier alpha value is -0.0800. The molecule has 0 radical (unpaired) electrons. The molecule has 2 N–H and O–H groups in total. The quantitative estimate of drug-likeness (QED) is 0.703. The van der Waals surface area contributed by atoms with E-state index in [4.69, 9.17) is 10.7 Å². The maximum Gasteiger partial charge on any atom is 0.0738 e. The summed E-state index contributed by atoms with van der Waals surface area (Å²) in [6, 6.07) is 0. The molecule has 2 heteroatoms. The highest BCUT2D eigenvalue weighted by atomic mass is 16.6. The van der Waals surface area contributed by atoms with E-state index >= 15 is 0 Å². The van der Waals surface area contributed by atoms with Crippen LogP contribution in [-0.2, 0) is 4.84 Å². The Morgan fingerprint density at radius 2 is 1.86 bits per heavy atom. The second-order valence-corrected chi connectivity index (χ2v) is 5.30. The molecule has 14 heavy (non-hydrogen) atoms. The molecule has 2 nitrogen and oxygen atoms in total. The Labute approximate surface area is 87.1 Å². The number of rotatable bonds is 4. The van der Waals surface area contributed by atoms with Gasteiger partial charge in [-0.25, -0.2) is 5.90 Å². The molecule has 2 aliphatic carbocycles. The normalized spacial score (nSPS) is 35.6. The van der Waals surface area contributed by atoms with E-state index in [2.05, 4.69) is 6.92 Å². The number of hydrogen-bond donors (Lipinski definition) is 1. The lowest BCUT2D eigenvalue weighted by Gasteiger charge is -2.33. The molecule has 0 spiro atoms. The van der Waals surface area contributed by atoms with Crippen LogP contribution in [0.5, 0.6) is 0 Å². The molecule has 2 saturated carbocycles. The molecule has 0 atom stereocenters. The molecule has 2 aliphatic rings. The second-order valence-electron chi connectivity index (χ2n) is 5.30. The molecule has 82 valence electrons. The third-order valence-corrected chi connectivity index (χ3v) is 4.55. The van der Waals surface area contributed by atoms with E-state index < -0.39 is 0 Å². The van der Waals surface area contributed by atoms with Crippen molar-refractivity contribution in [3.05, 3.63) is 0 Å². The van der Waals surface area contributed by atoms with E-state index in [0.717, 1.165) is 18.4 Å². The monoisotopic (exact) mass is 197 g/mol. The predicted octanol–water partition coefficient (Wildman–Crippen LogP) is 2.87. The van der Waals surface area contributed by atoms with Gasteiger partial charge in [-0.2, -0.15) is 0 Å². The van der Waals surface area contributed by atoms with Crippen molar-refractivity contribution in [2.75, 3.05) is 6.61 Å². The van der Waals surface area contributed by atoms with Crippen molar-refractivity contribution >= 4 is 0 Å². The molecule has 0 aromatic carbocycles. The molecular formula is C12H23NO. The Morgan fingerprint density at radius 3 is 2.29 bits per heavy atom. The predicted molar refractivity (Wildman–Crippen MR) is 57.5 cm³/mol. The van der Waals surface area contributed by atoms with E-state index in [-0.39, 0.29) is 0 Å². The van der Waals surface area contributed by atoms with E-state index in [1.807, 2.05) is 0 Å². The maximum atomic E-state index is 5.21. The molecule has 0 saturated heterocycles. The van der Waals surface area contributed by atoms with Crippen LogP contribution in [0.15, 0.2) is 0 Å². The molecule has 0 unspecified atom stereocenters. The summed E-state index contributed by atoms with van der Waals surface area (Å²) in [6.07, 6.45) is 9.79. The summed E-state index contributed by atoms with van der Waals surface area (Å²) < 4.78 is 0. The van der Waals surface area contributed by atoms with Gasteiger partial charge in [-0.1, -0.05) is 26.2 Å². The largest absolute Gasteiger partial charge is 0.304 e. The van der Waals surface area contributed by atoms with Crippen molar-refractivity contribution in [1.29, 1.82) is 0 Å². The van der Waals surface area contributed by atoms with E-state index in [0.29, 0.717) is 5.41 Å². The summed E-state index contributed by atoms with van der Waals surface area (Å²) in [7, 11) is 0. The van der Waals surface area contributed by atoms with Gasteiger partial charge >= 0.3 is 0 Å². The summed E-state index contributed by atoms with van der Waals surface area (Å²) in [5.41, 5.74) is 0.507. The SMILES string of the molecule is CCC1CCC(C2(CON)CC2)CC1. The van der Waals surface area contributed by atoms with Gasteiger partial charge in [0.25, 0.3) is 0 Å². The molecule has 2 rings (SSSR count). The third-order valence-electron chi connectivity index (χ3n) is 4.55. The van der Waals surface area contributed by atoms with Crippen molar-refractivity contribution in [2.45, 2.75) is 51.9 Å². The van der Waals surface area contributed by atoms with Gasteiger partial charge in [-0.3, -0.25) is 0 Å². The van der Waals surface area contributed by atoms with Gasteiger partial charge in [0.2, 0.25) is 0 Å². The summed E-state index contributed by atoms with van der Waals surface area (Å²) in [5, 5.41) is 0. The smallest absolute Gasteiger partial charge is 0.0738 e. The Kier molecular flexibility index (Phi) is 3.13. The van der Waals surface area contributed by atoms with Crippen LogP contribution in [0, 0.1) is 17.3 Å². The summed E-state index contributed by atoms with van der Waals surface area (Å²) in [4.78, 5) is 4.88. The van der Waals surface area contributed by atoms with Crippen LogP contribution >= 0.6 is 0 Å². The lowest BCUT2D eigenvalue weighted by atomic mass is 9.73. The molecule has 0 aliphatic heterocycles. The first-order valence-electron chi connectivity index (χ1n) is 6.12. The summed E-state index contributed by atoms with van der Waals surface area (Å²) >= 11 is 0. The Bertz CT molecular complexity index is 181. The summed E-state index contributed by atoms with van der Waals surface area (Å²) in [5.74, 6) is 7.13. The van der Waals surface area contributed by atoms with Gasteiger partial charge in [0.15, 0.2) is 0 Å². The van der Waals surface area contributed by atoms with Crippen LogP contribution < -0.4 is 5.90 Å². The first-order valence-corrected chi connectivity index (χ1v) is 6.12. The van der Waals surface area contributed by atoms with Crippen molar-refractivity contribution < 1.29 is 4.84 Å². The van der Waals surface area contributed by atoms with Gasteiger partial charge in [0.05, 0.1) is 6.61 Å². The van der Waals surface area contributed by atoms with Crippen LogP contribution in [0.25, 0.3) is 0 Å². The highest BCUT2D eigenvalue weighted by Crippen LogP contribution is 2.56. The molecule has 0 aromatic rings. The van der Waals surface area contributed by atoms with Crippen LogP contribution in [0.2, 0.25) is 0 Å². The molecular weight excluding hydrogens is 174 g/mol. The fourth-order valence-corrected chi connectivity index (χ4v) is 3.18. The molecule has 0 amide bonds. The molecule has 0 heterocycles. The van der Waals surface area contributed by atoms with Crippen LogP contribution in [0.4, 0.5) is 0 Å². The standard InChI is InChI=1S/C12H23NO/c1-2-10-3-5-11(6-4-10)12(7-8-12)9-14-13/h10-11H,2-9,13H2,1H3. The fourth-order valence-electron chi connectivity index (χ4n) is 3.18. The first kappa shape index (κ1) is 10.4. The Morgan fingerprint density at radius 1 is 1.21 bits per heavy atom. The van der Waals surface area contributed by atoms with Crippen molar-refractivity contribution in [1.82, 2.24) is 0 Å². The second kappa shape index (κ2) is 4.19. The minimum absolute atomic E-state index is 0.507. The van der Waals surface area contributed by atoms with Gasteiger partial charge in [-0.15, -0.1) is 0 Å². The van der Waals surface area contributed by atoms with Crippen LogP contribution in [0.3, 0.4) is 0 Å². The fraction of sp³-hybridized carbons (Fsp3) is 1.00. The lowest BCUT2D eigenvalue weighted by molar-refractivity contribution is 0.0480. The van der Waals surface area contributed by atoms with Gasteiger partial charge in [0, 0.05) is 0 Å². The highest BCUT2D eigenvalue weighted by Gasteiger charge is 2.49. The minimum atomic E-state index is 0.507. The lowest BCUT2D eigenvalue weighted by Crippen LogP contribution is -2.27.